The van der Waals surface area contributed by atoms with Crippen molar-refractivity contribution in [2.45, 2.75) is 33.2 Å². The molecule has 188 valence electrons. The molecule has 1 N–H and O–H groups in total. The molecule has 0 radical (unpaired) electrons. The minimum Gasteiger partial charge on any atom is -0.507 e. The second kappa shape index (κ2) is 11.5. The van der Waals surface area contributed by atoms with Crippen molar-refractivity contribution in [3.63, 3.8) is 0 Å². The lowest BCUT2D eigenvalue weighted by Crippen LogP contribution is -2.32. The van der Waals surface area contributed by atoms with E-state index in [1.807, 2.05) is 32.0 Å². The number of ketones is 1. The van der Waals surface area contributed by atoms with Crippen LogP contribution in [0.4, 0.5) is 0 Å². The molecule has 3 rings (SSSR count). The Kier molecular flexibility index (Phi) is 8.86. The summed E-state index contributed by atoms with van der Waals surface area (Å²) in [7, 11) is 3.89. The molecule has 1 fully saturated rings. The first-order valence-electron chi connectivity index (χ1n) is 11.6. The largest absolute Gasteiger partial charge is 0.507 e. The quantitative estimate of drug-likeness (QED) is 0.261. The molecule has 6 nitrogen and oxygen atoms in total. The number of benzene rings is 2. The molecule has 1 aliphatic rings. The Morgan fingerprint density at radius 3 is 2.43 bits per heavy atom. The molecule has 0 aromatic heterocycles. The van der Waals surface area contributed by atoms with Gasteiger partial charge in [0.2, 0.25) is 0 Å². The monoisotopic (exact) mass is 518 g/mol. The number of nitrogens with zero attached hydrogens (tertiary/aromatic N) is 2. The zero-order chi connectivity index (χ0) is 25.9. The van der Waals surface area contributed by atoms with Crippen molar-refractivity contribution in [1.29, 1.82) is 0 Å². The summed E-state index contributed by atoms with van der Waals surface area (Å²) in [6.07, 6.45) is 0.665. The molecular weight excluding hydrogens is 487 g/mol. The van der Waals surface area contributed by atoms with Gasteiger partial charge in [-0.15, -0.1) is 0 Å². The SMILES string of the molecule is Cc1cc(OCC(C)C)ccc1C(O)=C1C(=O)C(=O)N(CCCN(C)C)C1c1ccc(Cl)c(Cl)c1. The van der Waals surface area contributed by atoms with Gasteiger partial charge in [-0.1, -0.05) is 43.1 Å². The molecule has 0 saturated carbocycles. The van der Waals surface area contributed by atoms with Crippen molar-refractivity contribution < 1.29 is 19.4 Å². The third kappa shape index (κ3) is 6.18. The molecule has 1 saturated heterocycles. The van der Waals surface area contributed by atoms with Gasteiger partial charge >= 0.3 is 0 Å². The Morgan fingerprint density at radius 1 is 1.11 bits per heavy atom. The molecule has 2 aromatic rings. The minimum absolute atomic E-state index is 0.0391. The highest BCUT2D eigenvalue weighted by Crippen LogP contribution is 2.41. The topological polar surface area (TPSA) is 70.1 Å². The van der Waals surface area contributed by atoms with Crippen molar-refractivity contribution in [3.05, 3.63) is 68.7 Å². The fourth-order valence-corrected chi connectivity index (χ4v) is 4.40. The van der Waals surface area contributed by atoms with Crippen molar-refractivity contribution in [2.75, 3.05) is 33.8 Å². The smallest absolute Gasteiger partial charge is 0.295 e. The Hall–Kier alpha value is -2.54. The highest BCUT2D eigenvalue weighted by atomic mass is 35.5. The van der Waals surface area contributed by atoms with Gasteiger partial charge in [-0.3, -0.25) is 9.59 Å². The van der Waals surface area contributed by atoms with Gasteiger partial charge in [-0.25, -0.2) is 0 Å². The number of ether oxygens (including phenoxy) is 1. The lowest BCUT2D eigenvalue weighted by atomic mass is 9.94. The van der Waals surface area contributed by atoms with E-state index in [0.717, 1.165) is 12.1 Å². The van der Waals surface area contributed by atoms with Crippen LogP contribution in [0.2, 0.25) is 10.0 Å². The highest BCUT2D eigenvalue weighted by molar-refractivity contribution is 6.47. The van der Waals surface area contributed by atoms with Crippen molar-refractivity contribution in [1.82, 2.24) is 9.80 Å². The number of carbonyl (C=O) groups excluding carboxylic acids is 2. The van der Waals surface area contributed by atoms with E-state index in [0.29, 0.717) is 52.4 Å². The second-order valence-corrected chi connectivity index (χ2v) is 10.3. The van der Waals surface area contributed by atoms with E-state index in [9.17, 15) is 14.7 Å². The Labute approximate surface area is 217 Å². The number of carbonyl (C=O) groups is 2. The Morgan fingerprint density at radius 2 is 1.83 bits per heavy atom. The number of hydrogen-bond donors (Lipinski definition) is 1. The summed E-state index contributed by atoms with van der Waals surface area (Å²) < 4.78 is 5.78. The molecule has 0 bridgehead atoms. The van der Waals surface area contributed by atoms with Crippen molar-refractivity contribution in [2.24, 2.45) is 5.92 Å². The molecule has 1 unspecified atom stereocenters. The van der Waals surface area contributed by atoms with Crippen LogP contribution in [0.25, 0.3) is 5.76 Å². The number of amides is 1. The molecule has 0 spiro atoms. The van der Waals surface area contributed by atoms with Crippen LogP contribution in [-0.4, -0.2) is 60.4 Å². The zero-order valence-corrected chi connectivity index (χ0v) is 22.3. The zero-order valence-electron chi connectivity index (χ0n) is 20.8. The summed E-state index contributed by atoms with van der Waals surface area (Å²) in [5, 5.41) is 12.0. The maximum atomic E-state index is 13.2. The molecule has 1 aliphatic heterocycles. The summed E-state index contributed by atoms with van der Waals surface area (Å²) in [6.45, 7) is 7.62. The van der Waals surface area contributed by atoms with E-state index in [2.05, 4.69) is 13.8 Å². The first-order chi connectivity index (χ1) is 16.5. The van der Waals surface area contributed by atoms with Gasteiger partial charge in [0.25, 0.3) is 11.7 Å². The van der Waals surface area contributed by atoms with E-state index >= 15 is 0 Å². The molecule has 1 amide bonds. The molecule has 1 heterocycles. The Bertz CT molecular complexity index is 1140. The van der Waals surface area contributed by atoms with Gasteiger partial charge in [0.15, 0.2) is 0 Å². The molecule has 8 heteroatoms. The van der Waals surface area contributed by atoms with E-state index < -0.39 is 17.7 Å². The van der Waals surface area contributed by atoms with Crippen LogP contribution in [0.3, 0.4) is 0 Å². The summed E-state index contributed by atoms with van der Waals surface area (Å²) in [4.78, 5) is 29.8. The number of likely N-dealkylation sites (tertiary alicyclic amines) is 1. The van der Waals surface area contributed by atoms with Gasteiger partial charge in [-0.05, 0) is 81.4 Å². The fourth-order valence-electron chi connectivity index (χ4n) is 4.10. The molecule has 1 atom stereocenters. The third-order valence-electron chi connectivity index (χ3n) is 5.84. The normalized spacial score (nSPS) is 17.6. The first-order valence-corrected chi connectivity index (χ1v) is 12.4. The van der Waals surface area contributed by atoms with Gasteiger partial charge in [0.1, 0.15) is 11.5 Å². The van der Waals surface area contributed by atoms with Gasteiger partial charge < -0.3 is 19.6 Å². The predicted octanol–water partition coefficient (Wildman–Crippen LogP) is 5.71. The lowest BCUT2D eigenvalue weighted by molar-refractivity contribution is -0.139. The number of Topliss-reactive ketones (excluding diaryl/α,β-unsaturated/α-hetero) is 1. The van der Waals surface area contributed by atoms with Crippen molar-refractivity contribution >= 4 is 40.7 Å². The molecular formula is C27H32Cl2N2O4. The second-order valence-electron chi connectivity index (χ2n) is 9.50. The Balaban J connectivity index is 2.08. The van der Waals surface area contributed by atoms with E-state index in [-0.39, 0.29) is 11.3 Å². The summed E-state index contributed by atoms with van der Waals surface area (Å²) in [5.41, 5.74) is 1.85. The molecule has 0 aliphatic carbocycles. The number of rotatable bonds is 9. The van der Waals surface area contributed by atoms with Gasteiger partial charge in [0, 0.05) is 12.1 Å². The standard InChI is InChI=1S/C27H32Cl2N2O4/c1-16(2)15-35-19-8-9-20(17(3)13-19)25(32)23-24(18-7-10-21(28)22(29)14-18)31(27(34)26(23)33)12-6-11-30(4)5/h7-10,13-14,16,24,32H,6,11-12,15H2,1-5H3. The van der Waals surface area contributed by atoms with E-state index in [1.54, 1.807) is 30.3 Å². The van der Waals surface area contributed by atoms with Crippen molar-refractivity contribution in [3.8, 4) is 5.75 Å². The number of aliphatic hydroxyl groups excluding tert-OH is 1. The average Bonchev–Trinajstić information content (AvgIpc) is 3.04. The summed E-state index contributed by atoms with van der Waals surface area (Å²) >= 11 is 12.4. The van der Waals surface area contributed by atoms with Crippen LogP contribution in [0, 0.1) is 12.8 Å². The number of hydrogen-bond acceptors (Lipinski definition) is 5. The van der Waals surface area contributed by atoms with Gasteiger partial charge in [-0.2, -0.15) is 0 Å². The van der Waals surface area contributed by atoms with E-state index in [1.165, 1.54) is 4.90 Å². The van der Waals surface area contributed by atoms with Crippen LogP contribution in [-0.2, 0) is 9.59 Å². The molecule has 35 heavy (non-hydrogen) atoms. The van der Waals surface area contributed by atoms with E-state index in [4.69, 9.17) is 27.9 Å². The third-order valence-corrected chi connectivity index (χ3v) is 6.58. The fraction of sp³-hybridized carbons (Fsp3) is 0.407. The maximum absolute atomic E-state index is 13.2. The van der Waals surface area contributed by atoms with Gasteiger partial charge in [0.05, 0.1) is 28.3 Å². The molecule has 2 aromatic carbocycles. The number of aliphatic hydroxyl groups is 1. The van der Waals surface area contributed by atoms with Crippen LogP contribution < -0.4 is 4.74 Å². The summed E-state index contributed by atoms with van der Waals surface area (Å²) in [6, 6.07) is 9.51. The van der Waals surface area contributed by atoms with Crippen LogP contribution in [0.1, 0.15) is 43.0 Å². The minimum atomic E-state index is -0.775. The number of aryl methyl sites for hydroxylation is 1. The lowest BCUT2D eigenvalue weighted by Gasteiger charge is -2.26. The van der Waals surface area contributed by atoms with Crippen LogP contribution in [0.5, 0.6) is 5.75 Å². The number of halogens is 2. The average molecular weight is 519 g/mol. The highest BCUT2D eigenvalue weighted by Gasteiger charge is 2.46. The maximum Gasteiger partial charge on any atom is 0.295 e. The van der Waals surface area contributed by atoms with Crippen LogP contribution in [0.15, 0.2) is 42.0 Å². The summed E-state index contributed by atoms with van der Waals surface area (Å²) in [5.74, 6) is -0.530. The first kappa shape index (κ1) is 27.1. The predicted molar refractivity (Wildman–Crippen MR) is 140 cm³/mol. The van der Waals surface area contributed by atoms with Crippen LogP contribution >= 0.6 is 23.2 Å².